The molecule has 0 spiro atoms. The van der Waals surface area contributed by atoms with Crippen LogP contribution in [0, 0.1) is 5.92 Å². The fraction of sp³-hybridized carbons (Fsp3) is 0.261. The lowest BCUT2D eigenvalue weighted by Crippen LogP contribution is -2.41. The second-order valence-electron chi connectivity index (χ2n) is 8.11. The third-order valence-electron chi connectivity index (χ3n) is 5.72. The van der Waals surface area contributed by atoms with Gasteiger partial charge in [0.15, 0.2) is 5.78 Å². The minimum absolute atomic E-state index is 0.0870. The molecule has 1 amide bonds. The van der Waals surface area contributed by atoms with E-state index in [0.717, 1.165) is 6.26 Å². The quantitative estimate of drug-likeness (QED) is 0.483. The zero-order valence-corrected chi connectivity index (χ0v) is 20.6. The normalized spacial score (nSPS) is 18.6. The Labute approximate surface area is 205 Å². The van der Waals surface area contributed by atoms with Crippen molar-refractivity contribution in [3.63, 3.8) is 0 Å². The van der Waals surface area contributed by atoms with Gasteiger partial charge in [0.2, 0.25) is 10.0 Å². The van der Waals surface area contributed by atoms with Crippen molar-refractivity contribution in [3.05, 3.63) is 85.9 Å². The summed E-state index contributed by atoms with van der Waals surface area (Å²) < 4.78 is 27.5. The molecule has 0 bridgehead atoms. The standard InChI is InChI=1S/C23H22ClN3O5S2/c1-34(31,32)26-13-16(12-19(28)20-9-10-21(24)33-20)18(14-26)25-23(30)15-5-7-17(8-6-15)27-11-3-2-4-22(27)29/h2-11,16,18H,12-14H2,1H3,(H,25,30). The molecule has 0 saturated carbocycles. The Bertz CT molecular complexity index is 1380. The SMILES string of the molecule is CS(=O)(=O)N1CC(CC(=O)c2ccc(Cl)s2)C(NC(=O)c2ccc(-n3ccccc3=O)cc2)C1. The zero-order chi connectivity index (χ0) is 24.5. The van der Waals surface area contributed by atoms with Gasteiger partial charge in [-0.15, -0.1) is 11.3 Å². The summed E-state index contributed by atoms with van der Waals surface area (Å²) in [7, 11) is -3.49. The molecule has 0 aliphatic carbocycles. The number of halogens is 1. The molecule has 0 radical (unpaired) electrons. The van der Waals surface area contributed by atoms with Gasteiger partial charge in [-0.3, -0.25) is 19.0 Å². The predicted molar refractivity (Wildman–Crippen MR) is 131 cm³/mol. The number of nitrogens with zero attached hydrogens (tertiary/aromatic N) is 2. The second-order valence-corrected chi connectivity index (χ2v) is 11.8. The fourth-order valence-electron chi connectivity index (χ4n) is 3.94. The number of thiophene rings is 1. The number of Topliss-reactive ketones (excluding diaryl/α,β-unsaturated/α-hetero) is 1. The summed E-state index contributed by atoms with van der Waals surface area (Å²) in [6, 6.07) is 14.1. The molecule has 1 N–H and O–H groups in total. The van der Waals surface area contributed by atoms with E-state index >= 15 is 0 Å². The lowest BCUT2D eigenvalue weighted by atomic mass is 9.96. The third kappa shape index (κ3) is 5.47. The number of benzene rings is 1. The summed E-state index contributed by atoms with van der Waals surface area (Å²) in [6.07, 6.45) is 2.83. The topological polar surface area (TPSA) is 106 Å². The molecule has 11 heteroatoms. The first-order valence-corrected chi connectivity index (χ1v) is 13.5. The number of hydrogen-bond donors (Lipinski definition) is 1. The number of amides is 1. The minimum Gasteiger partial charge on any atom is -0.348 e. The molecule has 34 heavy (non-hydrogen) atoms. The molecule has 1 aliphatic heterocycles. The van der Waals surface area contributed by atoms with Crippen LogP contribution in [0.4, 0.5) is 0 Å². The third-order valence-corrected chi connectivity index (χ3v) is 8.23. The molecule has 1 saturated heterocycles. The number of carbonyl (C=O) groups excluding carboxylic acids is 2. The van der Waals surface area contributed by atoms with Gasteiger partial charge in [0, 0.05) is 55.0 Å². The highest BCUT2D eigenvalue weighted by Gasteiger charge is 2.39. The maximum absolute atomic E-state index is 12.9. The van der Waals surface area contributed by atoms with Crippen molar-refractivity contribution in [2.24, 2.45) is 5.92 Å². The van der Waals surface area contributed by atoms with Gasteiger partial charge in [-0.25, -0.2) is 8.42 Å². The van der Waals surface area contributed by atoms with Crippen molar-refractivity contribution in [3.8, 4) is 5.69 Å². The number of sulfonamides is 1. The van der Waals surface area contributed by atoms with Gasteiger partial charge in [0.1, 0.15) is 0 Å². The Hall–Kier alpha value is -2.79. The van der Waals surface area contributed by atoms with Crippen LogP contribution in [-0.4, -0.2) is 54.4 Å². The molecule has 178 valence electrons. The number of pyridine rings is 1. The van der Waals surface area contributed by atoms with Gasteiger partial charge in [-0.2, -0.15) is 4.31 Å². The number of rotatable bonds is 7. The first-order chi connectivity index (χ1) is 16.1. The molecule has 8 nitrogen and oxygen atoms in total. The summed E-state index contributed by atoms with van der Waals surface area (Å²) in [5, 5.41) is 2.89. The van der Waals surface area contributed by atoms with Gasteiger partial charge >= 0.3 is 0 Å². The van der Waals surface area contributed by atoms with Crippen LogP contribution in [0.5, 0.6) is 0 Å². The lowest BCUT2D eigenvalue weighted by Gasteiger charge is -2.19. The first kappa shape index (κ1) is 24.3. The highest BCUT2D eigenvalue weighted by Crippen LogP contribution is 2.28. The molecule has 2 unspecified atom stereocenters. The number of carbonyl (C=O) groups is 2. The maximum Gasteiger partial charge on any atom is 0.255 e. The average molecular weight is 520 g/mol. The van der Waals surface area contributed by atoms with E-state index in [0.29, 0.717) is 20.5 Å². The molecule has 1 aliphatic rings. The first-order valence-electron chi connectivity index (χ1n) is 10.4. The molecule has 3 aromatic rings. The number of aromatic nitrogens is 1. The molecule has 2 atom stereocenters. The molecular formula is C23H22ClN3O5S2. The van der Waals surface area contributed by atoms with E-state index in [4.69, 9.17) is 11.6 Å². The van der Waals surface area contributed by atoms with Gasteiger partial charge in [-0.05, 0) is 42.5 Å². The van der Waals surface area contributed by atoms with E-state index in [2.05, 4.69) is 5.32 Å². The van der Waals surface area contributed by atoms with Crippen molar-refractivity contribution in [2.75, 3.05) is 19.3 Å². The van der Waals surface area contributed by atoms with Crippen LogP contribution in [0.1, 0.15) is 26.5 Å². The Balaban J connectivity index is 1.50. The van der Waals surface area contributed by atoms with Crippen molar-refractivity contribution in [1.82, 2.24) is 14.2 Å². The Morgan fingerprint density at radius 2 is 1.82 bits per heavy atom. The Morgan fingerprint density at radius 3 is 2.44 bits per heavy atom. The van der Waals surface area contributed by atoms with Crippen LogP contribution in [0.15, 0.2) is 65.6 Å². The minimum atomic E-state index is -3.49. The number of nitrogens with one attached hydrogen (secondary N) is 1. The largest absolute Gasteiger partial charge is 0.348 e. The smallest absolute Gasteiger partial charge is 0.255 e. The predicted octanol–water partition coefficient (Wildman–Crippen LogP) is 2.82. The second kappa shape index (κ2) is 9.83. The summed E-state index contributed by atoms with van der Waals surface area (Å²) >= 11 is 7.10. The van der Waals surface area contributed by atoms with E-state index in [-0.39, 0.29) is 42.7 Å². The number of ketones is 1. The molecule has 2 aromatic heterocycles. The molecular weight excluding hydrogens is 498 g/mol. The highest BCUT2D eigenvalue weighted by molar-refractivity contribution is 7.88. The fourth-order valence-corrected chi connectivity index (χ4v) is 5.83. The van der Waals surface area contributed by atoms with Crippen LogP contribution in [0.25, 0.3) is 5.69 Å². The van der Waals surface area contributed by atoms with Crippen molar-refractivity contribution < 1.29 is 18.0 Å². The van der Waals surface area contributed by atoms with E-state index in [1.54, 1.807) is 54.7 Å². The molecule has 1 aromatic carbocycles. The maximum atomic E-state index is 12.9. The Morgan fingerprint density at radius 1 is 1.09 bits per heavy atom. The van der Waals surface area contributed by atoms with Crippen molar-refractivity contribution in [1.29, 1.82) is 0 Å². The average Bonchev–Trinajstić information content (AvgIpc) is 3.40. The van der Waals surface area contributed by atoms with Gasteiger partial charge in [0.05, 0.1) is 15.5 Å². The van der Waals surface area contributed by atoms with E-state index in [9.17, 15) is 22.8 Å². The van der Waals surface area contributed by atoms with Crippen LogP contribution < -0.4 is 10.9 Å². The number of hydrogen-bond acceptors (Lipinski definition) is 6. The van der Waals surface area contributed by atoms with Crippen LogP contribution in [0.2, 0.25) is 4.34 Å². The highest BCUT2D eigenvalue weighted by atomic mass is 35.5. The summed E-state index contributed by atoms with van der Waals surface area (Å²) in [5.74, 6) is -0.910. The van der Waals surface area contributed by atoms with Gasteiger partial charge in [0.25, 0.3) is 11.5 Å². The Kier molecular flexibility index (Phi) is 7.04. The van der Waals surface area contributed by atoms with Gasteiger partial charge in [-0.1, -0.05) is 17.7 Å². The summed E-state index contributed by atoms with van der Waals surface area (Å²) in [5.41, 5.74) is 0.788. The molecule has 4 rings (SSSR count). The zero-order valence-electron chi connectivity index (χ0n) is 18.2. The van der Waals surface area contributed by atoms with E-state index in [1.165, 1.54) is 26.3 Å². The summed E-state index contributed by atoms with van der Waals surface area (Å²) in [4.78, 5) is 38.1. The van der Waals surface area contributed by atoms with Crippen molar-refractivity contribution >= 4 is 44.7 Å². The molecule has 3 heterocycles. The van der Waals surface area contributed by atoms with Crippen LogP contribution in [-0.2, 0) is 10.0 Å². The molecule has 1 fully saturated rings. The lowest BCUT2D eigenvalue weighted by molar-refractivity contribution is 0.0904. The van der Waals surface area contributed by atoms with Crippen LogP contribution in [0.3, 0.4) is 0 Å². The summed E-state index contributed by atoms with van der Waals surface area (Å²) in [6.45, 7) is 0.232. The van der Waals surface area contributed by atoms with E-state index in [1.807, 2.05) is 0 Å². The van der Waals surface area contributed by atoms with Crippen molar-refractivity contribution in [2.45, 2.75) is 12.5 Å². The monoisotopic (exact) mass is 519 g/mol. The van der Waals surface area contributed by atoms with Gasteiger partial charge < -0.3 is 5.32 Å². The van der Waals surface area contributed by atoms with Crippen LogP contribution >= 0.6 is 22.9 Å². The van der Waals surface area contributed by atoms with E-state index < -0.39 is 16.1 Å².